The van der Waals surface area contributed by atoms with E-state index in [-0.39, 0.29) is 6.61 Å². The molecular weight excluding hydrogens is 274 g/mol. The molecule has 0 fully saturated rings. The summed E-state index contributed by atoms with van der Waals surface area (Å²) >= 11 is 3.27. The van der Waals surface area contributed by atoms with Crippen LogP contribution in [-0.4, -0.2) is 22.7 Å². The summed E-state index contributed by atoms with van der Waals surface area (Å²) in [5.74, 6) is -0.301. The van der Waals surface area contributed by atoms with Crippen LogP contribution in [0.25, 0.3) is 0 Å². The first-order valence-electron chi connectivity index (χ1n) is 4.79. The van der Waals surface area contributed by atoms with Gasteiger partial charge in [0.15, 0.2) is 0 Å². The van der Waals surface area contributed by atoms with Crippen molar-refractivity contribution in [3.63, 3.8) is 0 Å². The predicted octanol–water partition coefficient (Wildman–Crippen LogP) is 2.64. The molecule has 0 radical (unpaired) electrons. The van der Waals surface area contributed by atoms with E-state index in [1.54, 1.807) is 31.5 Å². The summed E-state index contributed by atoms with van der Waals surface area (Å²) < 4.78 is 6.16. The second-order valence-electron chi connectivity index (χ2n) is 3.04. The van der Waals surface area contributed by atoms with Crippen molar-refractivity contribution in [1.82, 2.24) is 4.98 Å². The molecule has 0 aliphatic heterocycles. The zero-order chi connectivity index (χ0) is 12.0. The van der Waals surface area contributed by atoms with Crippen LogP contribution in [0.4, 0.5) is 0 Å². The molecule has 0 aliphatic carbocycles. The van der Waals surface area contributed by atoms with Gasteiger partial charge in [-0.3, -0.25) is 4.98 Å². The Morgan fingerprint density at radius 3 is 2.94 bits per heavy atom. The minimum absolute atomic E-state index is 0.230. The van der Waals surface area contributed by atoms with Crippen LogP contribution in [0.1, 0.15) is 13.3 Å². The Balaban J connectivity index is 2.55. The number of rotatable bonds is 5. The number of hydrogen-bond donors (Lipinski definition) is 1. The van der Waals surface area contributed by atoms with Crippen molar-refractivity contribution in [2.45, 2.75) is 13.3 Å². The molecule has 0 bridgehead atoms. The number of carboxylic acid groups (broad SMARTS) is 1. The van der Waals surface area contributed by atoms with Crippen molar-refractivity contribution in [1.29, 1.82) is 0 Å². The van der Waals surface area contributed by atoms with E-state index in [1.807, 2.05) is 0 Å². The summed E-state index contributed by atoms with van der Waals surface area (Å²) in [5.41, 5.74) is 0.350. The molecule has 0 spiro atoms. The fourth-order valence-electron chi connectivity index (χ4n) is 1.09. The molecule has 16 heavy (non-hydrogen) atoms. The van der Waals surface area contributed by atoms with Crippen LogP contribution in [-0.2, 0) is 4.79 Å². The van der Waals surface area contributed by atoms with Gasteiger partial charge in [0.25, 0.3) is 0 Å². The highest BCUT2D eigenvalue weighted by molar-refractivity contribution is 9.10. The summed E-state index contributed by atoms with van der Waals surface area (Å²) in [4.78, 5) is 14.6. The van der Waals surface area contributed by atoms with Crippen LogP contribution in [0.15, 0.2) is 34.6 Å². The molecule has 0 saturated heterocycles. The van der Waals surface area contributed by atoms with E-state index < -0.39 is 5.97 Å². The van der Waals surface area contributed by atoms with Crippen LogP contribution in [0.2, 0.25) is 0 Å². The zero-order valence-electron chi connectivity index (χ0n) is 8.81. The van der Waals surface area contributed by atoms with Gasteiger partial charge in [-0.15, -0.1) is 0 Å². The van der Waals surface area contributed by atoms with Crippen molar-refractivity contribution >= 4 is 21.9 Å². The predicted molar refractivity (Wildman–Crippen MR) is 63.4 cm³/mol. The normalized spacial score (nSPS) is 11.2. The van der Waals surface area contributed by atoms with Crippen molar-refractivity contribution in [3.8, 4) is 5.75 Å². The van der Waals surface area contributed by atoms with E-state index in [4.69, 9.17) is 9.84 Å². The topological polar surface area (TPSA) is 59.4 Å². The van der Waals surface area contributed by atoms with Gasteiger partial charge in [0.2, 0.25) is 0 Å². The number of ether oxygens (including phenoxy) is 1. The Hall–Kier alpha value is -1.36. The minimum Gasteiger partial charge on any atom is -0.488 e. The standard InChI is InChI=1S/C11H12BrNO3/c1-2-8(11(14)15)3-4-16-10-5-9(12)6-13-7-10/h3,5-7H,2,4H2,1H3,(H,14,15). The molecule has 0 amide bonds. The average molecular weight is 286 g/mol. The highest BCUT2D eigenvalue weighted by Crippen LogP contribution is 2.15. The van der Waals surface area contributed by atoms with Crippen LogP contribution in [0, 0.1) is 0 Å². The summed E-state index contributed by atoms with van der Waals surface area (Å²) in [6, 6.07) is 1.77. The molecule has 1 heterocycles. The number of aliphatic carboxylic acids is 1. The van der Waals surface area contributed by atoms with Gasteiger partial charge in [0.05, 0.1) is 6.20 Å². The van der Waals surface area contributed by atoms with Gasteiger partial charge < -0.3 is 9.84 Å². The maximum absolute atomic E-state index is 10.7. The number of hydrogen-bond acceptors (Lipinski definition) is 3. The molecular formula is C11H12BrNO3. The summed E-state index contributed by atoms with van der Waals surface area (Å²) in [6.45, 7) is 2.02. The smallest absolute Gasteiger partial charge is 0.331 e. The molecule has 4 nitrogen and oxygen atoms in total. The molecule has 86 valence electrons. The molecule has 1 aromatic rings. The van der Waals surface area contributed by atoms with Gasteiger partial charge in [0.1, 0.15) is 12.4 Å². The first kappa shape index (κ1) is 12.7. The Morgan fingerprint density at radius 1 is 1.62 bits per heavy atom. The number of halogens is 1. The van der Waals surface area contributed by atoms with Crippen LogP contribution >= 0.6 is 15.9 Å². The third kappa shape index (κ3) is 4.02. The van der Waals surface area contributed by atoms with Gasteiger partial charge in [-0.2, -0.15) is 0 Å². The van der Waals surface area contributed by atoms with E-state index in [9.17, 15) is 4.79 Å². The minimum atomic E-state index is -0.904. The molecule has 0 unspecified atom stereocenters. The third-order valence-electron chi connectivity index (χ3n) is 1.92. The molecule has 0 aliphatic rings. The second-order valence-corrected chi connectivity index (χ2v) is 3.95. The fraction of sp³-hybridized carbons (Fsp3) is 0.273. The van der Waals surface area contributed by atoms with Gasteiger partial charge in [0, 0.05) is 16.2 Å². The number of carbonyl (C=O) groups is 1. The summed E-state index contributed by atoms with van der Waals surface area (Å²) in [5, 5.41) is 8.77. The van der Waals surface area contributed by atoms with Crippen LogP contribution in [0.3, 0.4) is 0 Å². The molecule has 1 rings (SSSR count). The van der Waals surface area contributed by atoms with Gasteiger partial charge in [-0.1, -0.05) is 6.92 Å². The quantitative estimate of drug-likeness (QED) is 0.845. The monoisotopic (exact) mass is 285 g/mol. The number of aromatic nitrogens is 1. The van der Waals surface area contributed by atoms with Gasteiger partial charge in [-0.05, 0) is 34.5 Å². The van der Waals surface area contributed by atoms with E-state index >= 15 is 0 Å². The first-order chi connectivity index (χ1) is 7.63. The zero-order valence-corrected chi connectivity index (χ0v) is 10.4. The lowest BCUT2D eigenvalue weighted by Gasteiger charge is -2.03. The maximum atomic E-state index is 10.7. The number of carboxylic acids is 1. The summed E-state index contributed by atoms with van der Waals surface area (Å²) in [7, 11) is 0. The van der Waals surface area contributed by atoms with Crippen molar-refractivity contribution in [2.24, 2.45) is 0 Å². The van der Waals surface area contributed by atoms with E-state index in [1.165, 1.54) is 0 Å². The van der Waals surface area contributed by atoms with E-state index in [0.717, 1.165) is 4.47 Å². The number of nitrogens with zero attached hydrogens (tertiary/aromatic N) is 1. The molecule has 1 N–H and O–H groups in total. The highest BCUT2D eigenvalue weighted by atomic mass is 79.9. The maximum Gasteiger partial charge on any atom is 0.331 e. The highest BCUT2D eigenvalue weighted by Gasteiger charge is 2.03. The number of pyridine rings is 1. The summed E-state index contributed by atoms with van der Waals surface area (Å²) in [6.07, 6.45) is 5.26. The Labute approximate surface area is 102 Å². The lowest BCUT2D eigenvalue weighted by atomic mass is 10.2. The third-order valence-corrected chi connectivity index (χ3v) is 2.35. The molecule has 0 aromatic carbocycles. The Morgan fingerprint density at radius 2 is 2.38 bits per heavy atom. The van der Waals surface area contributed by atoms with E-state index in [2.05, 4.69) is 20.9 Å². The lowest BCUT2D eigenvalue weighted by molar-refractivity contribution is -0.132. The fourth-order valence-corrected chi connectivity index (χ4v) is 1.44. The largest absolute Gasteiger partial charge is 0.488 e. The van der Waals surface area contributed by atoms with E-state index in [0.29, 0.717) is 17.7 Å². The van der Waals surface area contributed by atoms with Crippen molar-refractivity contribution in [2.75, 3.05) is 6.61 Å². The Kier molecular flexibility index (Phi) is 4.98. The second kappa shape index (κ2) is 6.27. The molecule has 1 aromatic heterocycles. The van der Waals surface area contributed by atoms with Crippen molar-refractivity contribution < 1.29 is 14.6 Å². The molecule has 0 atom stereocenters. The lowest BCUT2D eigenvalue weighted by Crippen LogP contribution is -2.03. The molecule has 0 saturated carbocycles. The van der Waals surface area contributed by atoms with Crippen molar-refractivity contribution in [3.05, 3.63) is 34.6 Å². The first-order valence-corrected chi connectivity index (χ1v) is 5.58. The van der Waals surface area contributed by atoms with Crippen LogP contribution in [0.5, 0.6) is 5.75 Å². The molecule has 5 heteroatoms. The Bertz CT molecular complexity index is 404. The van der Waals surface area contributed by atoms with Crippen LogP contribution < -0.4 is 4.74 Å². The van der Waals surface area contributed by atoms with Gasteiger partial charge in [-0.25, -0.2) is 4.79 Å². The SMILES string of the molecule is CCC(=CCOc1cncc(Br)c1)C(=O)O. The van der Waals surface area contributed by atoms with Gasteiger partial charge >= 0.3 is 5.97 Å². The average Bonchev–Trinajstić information content (AvgIpc) is 2.24.